The monoisotopic (exact) mass is 571 g/mol. The summed E-state index contributed by atoms with van der Waals surface area (Å²) in [6.45, 7) is 4.98. The molecule has 4 aromatic rings. The number of fused-ring (bicyclic) bond motifs is 1. The molecule has 0 spiro atoms. The van der Waals surface area contributed by atoms with E-state index < -0.39 is 29.7 Å². The maximum absolute atomic E-state index is 13.6. The summed E-state index contributed by atoms with van der Waals surface area (Å²) in [5.74, 6) is -1.99. The minimum Gasteiger partial charge on any atom is -0.349 e. The molecule has 0 aliphatic carbocycles. The van der Waals surface area contributed by atoms with Crippen LogP contribution in [0.5, 0.6) is 0 Å². The van der Waals surface area contributed by atoms with E-state index in [4.69, 9.17) is 5.73 Å². The average molecular weight is 572 g/mol. The Morgan fingerprint density at radius 1 is 0.976 bits per heavy atom. The van der Waals surface area contributed by atoms with Crippen molar-refractivity contribution in [2.24, 2.45) is 11.7 Å². The Bertz CT molecular complexity index is 1550. The van der Waals surface area contributed by atoms with Crippen LogP contribution in [0.3, 0.4) is 0 Å². The van der Waals surface area contributed by atoms with Crippen LogP contribution in [0.1, 0.15) is 43.1 Å². The number of rotatable bonds is 11. The van der Waals surface area contributed by atoms with E-state index >= 15 is 0 Å². The van der Waals surface area contributed by atoms with E-state index in [2.05, 4.69) is 15.3 Å². The molecule has 2 aromatic heterocycles. The summed E-state index contributed by atoms with van der Waals surface area (Å²) in [6.07, 6.45) is 2.11. The number of nitrogens with zero attached hydrogens (tertiary/aromatic N) is 3. The van der Waals surface area contributed by atoms with Gasteiger partial charge in [0.1, 0.15) is 0 Å². The van der Waals surface area contributed by atoms with E-state index in [0.717, 1.165) is 31.9 Å². The number of benzene rings is 2. The number of nitrogens with one attached hydrogen (secondary N) is 1. The number of hydrogen-bond acceptors (Lipinski definition) is 8. The van der Waals surface area contributed by atoms with Crippen LogP contribution in [0, 0.1) is 5.92 Å². The third kappa shape index (κ3) is 7.47. The van der Waals surface area contributed by atoms with Crippen LogP contribution >= 0.6 is 11.3 Å². The highest BCUT2D eigenvalue weighted by molar-refractivity contribution is 7.16. The summed E-state index contributed by atoms with van der Waals surface area (Å²) < 4.78 is 0.785. The fourth-order valence-electron chi connectivity index (χ4n) is 4.48. The number of imide groups is 1. The van der Waals surface area contributed by atoms with Crippen LogP contribution in [0.2, 0.25) is 0 Å². The number of Topliss-reactive ketones (excluding diaryl/α,β-unsaturated/α-hetero) is 1. The third-order valence-corrected chi connectivity index (χ3v) is 7.43. The second kappa shape index (κ2) is 13.4. The van der Waals surface area contributed by atoms with E-state index in [1.807, 2.05) is 56.3 Å². The van der Waals surface area contributed by atoms with Crippen molar-refractivity contribution >= 4 is 45.1 Å². The van der Waals surface area contributed by atoms with Crippen LogP contribution in [-0.4, -0.2) is 57.0 Å². The van der Waals surface area contributed by atoms with Gasteiger partial charge in [0, 0.05) is 17.3 Å². The second-order valence-electron chi connectivity index (χ2n) is 10.3. The average Bonchev–Trinajstić information content (AvgIpc) is 3.44. The van der Waals surface area contributed by atoms with Gasteiger partial charge < -0.3 is 11.1 Å². The molecule has 10 heteroatoms. The lowest BCUT2D eigenvalue weighted by molar-refractivity contribution is -0.137. The van der Waals surface area contributed by atoms with Crippen molar-refractivity contribution in [2.45, 2.75) is 45.7 Å². The molecule has 0 aliphatic rings. The van der Waals surface area contributed by atoms with Gasteiger partial charge in [-0.2, -0.15) is 0 Å². The molecular weight excluding hydrogens is 538 g/mol. The quantitative estimate of drug-likeness (QED) is 0.278. The predicted octanol–water partition coefficient (Wildman–Crippen LogP) is 4.02. The molecule has 0 unspecified atom stereocenters. The molecular formula is C31H33N5O4S. The highest BCUT2D eigenvalue weighted by atomic mass is 32.1. The number of ketones is 1. The lowest BCUT2D eigenvalue weighted by Crippen LogP contribution is -2.54. The summed E-state index contributed by atoms with van der Waals surface area (Å²) in [5, 5.41) is 2.63. The van der Waals surface area contributed by atoms with Gasteiger partial charge >= 0.3 is 0 Å². The first kappa shape index (κ1) is 29.7. The van der Waals surface area contributed by atoms with Crippen molar-refractivity contribution in [1.29, 1.82) is 0 Å². The first-order valence-corrected chi connectivity index (χ1v) is 14.3. The molecule has 3 N–H and O–H groups in total. The Labute approximate surface area is 242 Å². The van der Waals surface area contributed by atoms with E-state index in [9.17, 15) is 19.2 Å². The fraction of sp³-hybridized carbons (Fsp3) is 0.290. The largest absolute Gasteiger partial charge is 0.349 e. The van der Waals surface area contributed by atoms with Gasteiger partial charge in [0.2, 0.25) is 11.8 Å². The van der Waals surface area contributed by atoms with Crippen LogP contribution in [0.15, 0.2) is 72.4 Å². The van der Waals surface area contributed by atoms with Gasteiger partial charge in [-0.25, -0.2) is 4.98 Å². The molecule has 2 heterocycles. The third-order valence-electron chi connectivity index (χ3n) is 6.64. The summed E-state index contributed by atoms with van der Waals surface area (Å²) in [7, 11) is 0. The SMILES string of the molecule is CC(C)C[C@H](N)C(=O)N(C(=O)c1ccc2ncsc2c1)[C@@H](C)C(=O)CNC(=O)Cc1cccc(-c2ccccn2)c1. The molecule has 0 radical (unpaired) electrons. The smallest absolute Gasteiger partial charge is 0.261 e. The van der Waals surface area contributed by atoms with Crippen LogP contribution in [0.25, 0.3) is 21.5 Å². The Kier molecular flexibility index (Phi) is 9.69. The Morgan fingerprint density at radius 3 is 2.51 bits per heavy atom. The molecule has 0 saturated carbocycles. The minimum atomic E-state index is -1.14. The Balaban J connectivity index is 1.46. The Hall–Kier alpha value is -4.28. The molecule has 2 aromatic carbocycles. The number of carbonyl (C=O) groups is 4. The standard InChI is InChI=1S/C31H33N5O4S/c1-19(2)13-24(32)31(40)36(30(39)23-10-11-26-28(16-23)41-18-35-26)20(3)27(37)17-34-29(38)15-21-7-6-8-22(14-21)25-9-4-5-12-33-25/h4-12,14,16,18-20,24H,13,15,17,32H2,1-3H3,(H,34,38)/t20-,24-/m0/s1. The van der Waals surface area contributed by atoms with Crippen LogP contribution < -0.4 is 11.1 Å². The highest BCUT2D eigenvalue weighted by Gasteiger charge is 2.35. The zero-order valence-corrected chi connectivity index (χ0v) is 24.1. The molecule has 2 atom stereocenters. The summed E-state index contributed by atoms with van der Waals surface area (Å²) >= 11 is 1.37. The number of carbonyl (C=O) groups excluding carboxylic acids is 4. The lowest BCUT2D eigenvalue weighted by Gasteiger charge is -2.29. The number of thiazole rings is 1. The van der Waals surface area contributed by atoms with Crippen molar-refractivity contribution in [1.82, 2.24) is 20.2 Å². The maximum Gasteiger partial charge on any atom is 0.261 e. The summed E-state index contributed by atoms with van der Waals surface area (Å²) in [4.78, 5) is 62.4. The van der Waals surface area contributed by atoms with Crippen molar-refractivity contribution in [3.63, 3.8) is 0 Å². The molecule has 0 bridgehead atoms. The van der Waals surface area contributed by atoms with Crippen molar-refractivity contribution < 1.29 is 19.2 Å². The molecule has 3 amide bonds. The van der Waals surface area contributed by atoms with Gasteiger partial charge in [0.25, 0.3) is 5.91 Å². The van der Waals surface area contributed by atoms with Gasteiger partial charge in [0.05, 0.1) is 46.5 Å². The zero-order valence-electron chi connectivity index (χ0n) is 23.2. The van der Waals surface area contributed by atoms with Crippen LogP contribution in [-0.2, 0) is 20.8 Å². The zero-order chi connectivity index (χ0) is 29.5. The number of pyridine rings is 1. The van der Waals surface area contributed by atoms with Gasteiger partial charge in [-0.15, -0.1) is 11.3 Å². The number of amides is 3. The topological polar surface area (TPSA) is 135 Å². The molecule has 212 valence electrons. The number of aromatic nitrogens is 2. The van der Waals surface area contributed by atoms with Gasteiger partial charge in [-0.1, -0.05) is 38.1 Å². The van der Waals surface area contributed by atoms with Gasteiger partial charge in [0.15, 0.2) is 5.78 Å². The highest BCUT2D eigenvalue weighted by Crippen LogP contribution is 2.22. The first-order valence-electron chi connectivity index (χ1n) is 13.4. The van der Waals surface area contributed by atoms with E-state index in [1.54, 1.807) is 29.9 Å². The summed E-state index contributed by atoms with van der Waals surface area (Å²) in [5.41, 5.74) is 11.3. The Morgan fingerprint density at radius 2 is 1.78 bits per heavy atom. The molecule has 4 rings (SSSR count). The minimum absolute atomic E-state index is 0.0536. The molecule has 0 saturated heterocycles. The maximum atomic E-state index is 13.6. The van der Waals surface area contributed by atoms with Crippen molar-refractivity contribution in [2.75, 3.05) is 6.54 Å². The fourth-order valence-corrected chi connectivity index (χ4v) is 5.20. The van der Waals surface area contributed by atoms with E-state index in [0.29, 0.717) is 6.42 Å². The molecule has 9 nitrogen and oxygen atoms in total. The van der Waals surface area contributed by atoms with Crippen LogP contribution in [0.4, 0.5) is 0 Å². The second-order valence-corrected chi connectivity index (χ2v) is 11.2. The van der Waals surface area contributed by atoms with Crippen molar-refractivity contribution in [3.8, 4) is 11.3 Å². The van der Waals surface area contributed by atoms with Gasteiger partial charge in [-0.3, -0.25) is 29.1 Å². The lowest BCUT2D eigenvalue weighted by atomic mass is 10.0. The van der Waals surface area contributed by atoms with E-state index in [1.165, 1.54) is 18.3 Å². The molecule has 0 aliphatic heterocycles. The molecule has 0 fully saturated rings. The van der Waals surface area contributed by atoms with E-state index in [-0.39, 0.29) is 30.4 Å². The van der Waals surface area contributed by atoms with Crippen molar-refractivity contribution in [3.05, 3.63) is 83.5 Å². The predicted molar refractivity (Wildman–Crippen MR) is 159 cm³/mol. The number of nitrogens with two attached hydrogens (primary N) is 1. The summed E-state index contributed by atoms with van der Waals surface area (Å²) in [6, 6.07) is 15.9. The van der Waals surface area contributed by atoms with Gasteiger partial charge in [-0.05, 0) is 61.2 Å². The number of hydrogen-bond donors (Lipinski definition) is 2. The normalized spacial score (nSPS) is 12.6. The first-order chi connectivity index (χ1) is 19.6. The molecule has 41 heavy (non-hydrogen) atoms.